The molecule has 0 saturated carbocycles. The lowest BCUT2D eigenvalue weighted by Crippen LogP contribution is -2.29. The second kappa shape index (κ2) is 3.34. The Kier molecular flexibility index (Phi) is 2.38. The number of hydrogen-bond donors (Lipinski definition) is 2. The molecule has 0 unspecified atom stereocenters. The van der Waals surface area contributed by atoms with Crippen LogP contribution in [-0.4, -0.2) is 10.4 Å². The van der Waals surface area contributed by atoms with E-state index in [2.05, 4.69) is 0 Å². The summed E-state index contributed by atoms with van der Waals surface area (Å²) in [5, 5.41) is 16.1. The fourth-order valence-corrected chi connectivity index (χ4v) is 1.24. The van der Waals surface area contributed by atoms with E-state index in [-0.39, 0.29) is 17.2 Å². The summed E-state index contributed by atoms with van der Waals surface area (Å²) in [6.07, 6.45) is 0. The van der Waals surface area contributed by atoms with Crippen LogP contribution in [0, 0.1) is 23.7 Å². The smallest absolute Gasteiger partial charge is 0.275 e. The van der Waals surface area contributed by atoms with E-state index in [0.29, 0.717) is 5.56 Å². The predicted octanol–water partition coefficient (Wildman–Crippen LogP) is 0.456. The normalized spacial score (nSPS) is 9.50. The maximum atomic E-state index is 11.6. The van der Waals surface area contributed by atoms with Crippen molar-refractivity contribution in [2.24, 2.45) is 0 Å². The fraction of sp³-hybridized carbons (Fsp3) is 0.222. The van der Waals surface area contributed by atoms with Crippen LogP contribution >= 0.6 is 0 Å². The topological polar surface area (TPSA) is 95.7 Å². The molecule has 0 amide bonds. The number of nitriles is 1. The molecule has 0 spiro atoms. The van der Waals surface area contributed by atoms with Crippen molar-refractivity contribution < 1.29 is 0 Å². The summed E-state index contributed by atoms with van der Waals surface area (Å²) in [6, 6.07) is 3.31. The van der Waals surface area contributed by atoms with E-state index in [1.54, 1.807) is 13.0 Å². The van der Waals surface area contributed by atoms with Crippen molar-refractivity contribution in [3.63, 3.8) is 0 Å². The van der Waals surface area contributed by atoms with Crippen molar-refractivity contribution >= 4 is 11.7 Å². The number of pyridine rings is 1. The highest BCUT2D eigenvalue weighted by atomic mass is 16.1. The van der Waals surface area contributed by atoms with Crippen LogP contribution in [0.3, 0.4) is 0 Å². The average molecular weight is 190 g/mol. The van der Waals surface area contributed by atoms with E-state index in [1.165, 1.54) is 13.0 Å². The van der Waals surface area contributed by atoms with E-state index in [1.807, 2.05) is 0 Å². The maximum Gasteiger partial charge on any atom is 0.275 e. The Morgan fingerprint density at radius 3 is 2.71 bits per heavy atom. The summed E-state index contributed by atoms with van der Waals surface area (Å²) in [7, 11) is 0. The Balaban J connectivity index is 3.72. The van der Waals surface area contributed by atoms with Crippen LogP contribution in [0.15, 0.2) is 10.9 Å². The van der Waals surface area contributed by atoms with Gasteiger partial charge in [0.2, 0.25) is 0 Å². The summed E-state index contributed by atoms with van der Waals surface area (Å²) < 4.78 is 1.01. The molecular weight excluding hydrogens is 180 g/mol. The molecule has 72 valence electrons. The summed E-state index contributed by atoms with van der Waals surface area (Å²) in [4.78, 5) is 11.6. The Bertz CT molecular complexity index is 493. The zero-order valence-corrected chi connectivity index (χ0v) is 7.96. The number of nitrogens with two attached hydrogens (primary N) is 1. The van der Waals surface area contributed by atoms with Crippen LogP contribution in [0.5, 0.6) is 0 Å². The molecule has 5 nitrogen and oxygen atoms in total. The molecule has 1 heterocycles. The van der Waals surface area contributed by atoms with Crippen molar-refractivity contribution in [1.29, 1.82) is 10.7 Å². The van der Waals surface area contributed by atoms with E-state index in [4.69, 9.17) is 16.4 Å². The molecule has 0 bridgehead atoms. The minimum Gasteiger partial charge on any atom is -0.385 e. The molecule has 0 aliphatic carbocycles. The number of hydrogen-bond acceptors (Lipinski definition) is 4. The highest BCUT2D eigenvalue weighted by Gasteiger charge is 2.10. The van der Waals surface area contributed by atoms with Crippen molar-refractivity contribution in [3.05, 3.63) is 27.5 Å². The molecule has 14 heavy (non-hydrogen) atoms. The summed E-state index contributed by atoms with van der Waals surface area (Å²) in [5.41, 5.74) is 5.60. The number of anilines is 1. The zero-order valence-electron chi connectivity index (χ0n) is 7.96. The van der Waals surface area contributed by atoms with Crippen molar-refractivity contribution in [2.45, 2.75) is 13.8 Å². The highest BCUT2D eigenvalue weighted by Crippen LogP contribution is 2.07. The molecule has 0 atom stereocenters. The van der Waals surface area contributed by atoms with Gasteiger partial charge in [-0.25, -0.2) is 4.57 Å². The van der Waals surface area contributed by atoms with Crippen molar-refractivity contribution in [3.8, 4) is 6.07 Å². The molecule has 0 fully saturated rings. The Morgan fingerprint density at radius 1 is 1.71 bits per heavy atom. The van der Waals surface area contributed by atoms with Gasteiger partial charge in [-0.2, -0.15) is 5.26 Å². The number of aryl methyl sites for hydroxylation is 1. The molecule has 0 aliphatic rings. The van der Waals surface area contributed by atoms with Crippen molar-refractivity contribution in [2.75, 3.05) is 5.73 Å². The lowest BCUT2D eigenvalue weighted by atomic mass is 10.1. The van der Waals surface area contributed by atoms with Gasteiger partial charge >= 0.3 is 0 Å². The Hall–Kier alpha value is -2.09. The molecule has 0 saturated heterocycles. The van der Waals surface area contributed by atoms with Gasteiger partial charge in [0.05, 0.1) is 0 Å². The maximum absolute atomic E-state index is 11.6. The van der Waals surface area contributed by atoms with Crippen LogP contribution in [0.2, 0.25) is 0 Å². The molecule has 1 aromatic rings. The number of nitrogen functional groups attached to an aromatic ring is 1. The summed E-state index contributed by atoms with van der Waals surface area (Å²) in [6.45, 7) is 3.08. The second-order valence-corrected chi connectivity index (χ2v) is 2.96. The van der Waals surface area contributed by atoms with Crippen LogP contribution in [0.4, 0.5) is 5.82 Å². The second-order valence-electron chi connectivity index (χ2n) is 2.96. The first-order chi connectivity index (χ1) is 6.49. The summed E-state index contributed by atoms with van der Waals surface area (Å²) >= 11 is 0. The quantitative estimate of drug-likeness (QED) is 0.459. The Labute approximate surface area is 80.9 Å². The number of aromatic nitrogens is 1. The first kappa shape index (κ1) is 9.99. The minimum atomic E-state index is -0.530. The molecule has 1 aromatic heterocycles. The SMILES string of the molecule is CC(=N)n1c(N)cc(C)c(C#N)c1=O. The number of rotatable bonds is 0. The molecule has 0 aromatic carbocycles. The minimum absolute atomic E-state index is 0.00370. The first-order valence-corrected chi connectivity index (χ1v) is 3.96. The van der Waals surface area contributed by atoms with Gasteiger partial charge < -0.3 is 5.73 Å². The first-order valence-electron chi connectivity index (χ1n) is 3.96. The molecule has 3 N–H and O–H groups in total. The van der Waals surface area contributed by atoms with Gasteiger partial charge in [0.25, 0.3) is 5.56 Å². The molecular formula is C9H10N4O. The van der Waals surface area contributed by atoms with Crippen LogP contribution in [-0.2, 0) is 0 Å². The van der Waals surface area contributed by atoms with Gasteiger partial charge in [0, 0.05) is 0 Å². The fourth-order valence-electron chi connectivity index (χ4n) is 1.24. The van der Waals surface area contributed by atoms with Gasteiger partial charge in [-0.05, 0) is 25.5 Å². The van der Waals surface area contributed by atoms with Crippen LogP contribution < -0.4 is 11.3 Å². The van der Waals surface area contributed by atoms with Gasteiger partial charge in [-0.3, -0.25) is 10.2 Å². The zero-order chi connectivity index (χ0) is 10.9. The monoisotopic (exact) mass is 190 g/mol. The standard InChI is InChI=1S/C9H10N4O/c1-5-3-8(12)13(6(2)11)9(14)7(5)4-10/h3,11H,12H2,1-2H3. The van der Waals surface area contributed by atoms with E-state index >= 15 is 0 Å². The number of nitrogens with one attached hydrogen (secondary N) is 1. The number of nitrogens with zero attached hydrogens (tertiary/aromatic N) is 2. The Morgan fingerprint density at radius 2 is 2.29 bits per heavy atom. The molecule has 5 heteroatoms. The summed E-state index contributed by atoms with van der Waals surface area (Å²) in [5.74, 6) is 0.183. The van der Waals surface area contributed by atoms with Gasteiger partial charge in [-0.15, -0.1) is 0 Å². The van der Waals surface area contributed by atoms with E-state index in [0.717, 1.165) is 4.57 Å². The molecule has 0 aliphatic heterocycles. The van der Waals surface area contributed by atoms with Gasteiger partial charge in [-0.1, -0.05) is 0 Å². The van der Waals surface area contributed by atoms with Crippen LogP contribution in [0.1, 0.15) is 18.1 Å². The highest BCUT2D eigenvalue weighted by molar-refractivity contribution is 5.82. The third-order valence-electron chi connectivity index (χ3n) is 1.88. The molecule has 1 rings (SSSR count). The van der Waals surface area contributed by atoms with E-state index in [9.17, 15) is 4.79 Å². The lowest BCUT2D eigenvalue weighted by Gasteiger charge is -2.08. The third kappa shape index (κ3) is 1.38. The van der Waals surface area contributed by atoms with Crippen molar-refractivity contribution in [1.82, 2.24) is 4.57 Å². The van der Waals surface area contributed by atoms with E-state index < -0.39 is 5.56 Å². The third-order valence-corrected chi connectivity index (χ3v) is 1.88. The average Bonchev–Trinajstić information content (AvgIpc) is 2.02. The van der Waals surface area contributed by atoms with Gasteiger partial charge in [0.15, 0.2) is 0 Å². The predicted molar refractivity (Wildman–Crippen MR) is 53.4 cm³/mol. The van der Waals surface area contributed by atoms with Crippen LogP contribution in [0.25, 0.3) is 0 Å². The lowest BCUT2D eigenvalue weighted by molar-refractivity contribution is 1.02. The largest absolute Gasteiger partial charge is 0.385 e. The molecule has 0 radical (unpaired) electrons. The van der Waals surface area contributed by atoms with Gasteiger partial charge in [0.1, 0.15) is 23.3 Å².